The number of rotatable bonds is 4. The first kappa shape index (κ1) is 13.5. The number of alkyl halides is 1. The van der Waals surface area contributed by atoms with E-state index in [4.69, 9.17) is 21.1 Å². The van der Waals surface area contributed by atoms with Gasteiger partial charge in [-0.25, -0.2) is 0 Å². The molecule has 1 aromatic rings. The molecule has 2 nitrogen and oxygen atoms in total. The van der Waals surface area contributed by atoms with Crippen LogP contribution in [-0.2, 0) is 0 Å². The molecule has 18 heavy (non-hydrogen) atoms. The van der Waals surface area contributed by atoms with Crippen molar-refractivity contribution in [2.75, 3.05) is 14.2 Å². The first-order chi connectivity index (χ1) is 8.76. The van der Waals surface area contributed by atoms with Crippen molar-refractivity contribution in [2.45, 2.75) is 37.5 Å². The van der Waals surface area contributed by atoms with Gasteiger partial charge in [-0.3, -0.25) is 0 Å². The summed E-state index contributed by atoms with van der Waals surface area (Å²) in [6, 6.07) is 5.85. The Kier molecular flexibility index (Phi) is 4.76. The molecule has 1 unspecified atom stereocenters. The molecular weight excluding hydrogens is 248 g/mol. The zero-order chi connectivity index (χ0) is 13.0. The van der Waals surface area contributed by atoms with E-state index in [9.17, 15) is 0 Å². The Labute approximate surface area is 114 Å². The van der Waals surface area contributed by atoms with Crippen LogP contribution in [0.2, 0.25) is 0 Å². The highest BCUT2D eigenvalue weighted by atomic mass is 35.5. The molecule has 0 aliphatic heterocycles. The van der Waals surface area contributed by atoms with Gasteiger partial charge in [0.1, 0.15) is 11.5 Å². The first-order valence-electron chi connectivity index (χ1n) is 6.62. The molecule has 1 atom stereocenters. The Bertz CT molecular complexity index is 386. The number of benzene rings is 1. The highest BCUT2D eigenvalue weighted by molar-refractivity contribution is 6.21. The lowest BCUT2D eigenvalue weighted by Gasteiger charge is -2.27. The monoisotopic (exact) mass is 268 g/mol. The number of hydrogen-bond acceptors (Lipinski definition) is 2. The molecule has 100 valence electrons. The smallest absolute Gasteiger partial charge is 0.123 e. The molecule has 0 N–H and O–H groups in total. The summed E-state index contributed by atoms with van der Waals surface area (Å²) >= 11 is 6.66. The van der Waals surface area contributed by atoms with Gasteiger partial charge in [0.05, 0.1) is 19.6 Å². The van der Waals surface area contributed by atoms with Gasteiger partial charge in [0.15, 0.2) is 0 Å². The van der Waals surface area contributed by atoms with Crippen LogP contribution in [0.1, 0.15) is 43.0 Å². The molecule has 0 aromatic heterocycles. The Balaban J connectivity index is 2.23. The van der Waals surface area contributed by atoms with Gasteiger partial charge in [-0.15, -0.1) is 11.6 Å². The Hall–Kier alpha value is -0.890. The van der Waals surface area contributed by atoms with Crippen LogP contribution in [-0.4, -0.2) is 14.2 Å². The number of methoxy groups -OCH3 is 2. The second-order valence-electron chi connectivity index (χ2n) is 4.91. The molecule has 0 radical (unpaired) electrons. The minimum Gasteiger partial charge on any atom is -0.497 e. The average molecular weight is 269 g/mol. The van der Waals surface area contributed by atoms with Crippen LogP contribution < -0.4 is 9.47 Å². The largest absolute Gasteiger partial charge is 0.497 e. The zero-order valence-corrected chi connectivity index (χ0v) is 11.9. The Morgan fingerprint density at radius 1 is 1.11 bits per heavy atom. The van der Waals surface area contributed by atoms with Crippen LogP contribution in [0.3, 0.4) is 0 Å². The van der Waals surface area contributed by atoms with Crippen molar-refractivity contribution in [1.29, 1.82) is 0 Å². The lowest BCUT2D eigenvalue weighted by atomic mass is 9.84. The standard InChI is InChI=1S/C15H21ClO2/c1-17-12-8-9-14(18-2)13(10-12)15(16)11-6-4-3-5-7-11/h8-11,15H,3-7H2,1-2H3. The predicted octanol–water partition coefficient (Wildman–Crippen LogP) is 4.56. The van der Waals surface area contributed by atoms with E-state index in [1.807, 2.05) is 18.2 Å². The predicted molar refractivity (Wildman–Crippen MR) is 74.7 cm³/mol. The highest BCUT2D eigenvalue weighted by Gasteiger charge is 2.25. The second kappa shape index (κ2) is 6.33. The topological polar surface area (TPSA) is 18.5 Å². The van der Waals surface area contributed by atoms with Gasteiger partial charge in [0, 0.05) is 5.56 Å². The maximum Gasteiger partial charge on any atom is 0.123 e. The maximum absolute atomic E-state index is 6.66. The van der Waals surface area contributed by atoms with E-state index in [1.54, 1.807) is 14.2 Å². The van der Waals surface area contributed by atoms with Gasteiger partial charge >= 0.3 is 0 Å². The van der Waals surface area contributed by atoms with Crippen molar-refractivity contribution in [3.63, 3.8) is 0 Å². The summed E-state index contributed by atoms with van der Waals surface area (Å²) in [5, 5.41) is 0.0235. The molecule has 3 heteroatoms. The van der Waals surface area contributed by atoms with Crippen molar-refractivity contribution < 1.29 is 9.47 Å². The minimum absolute atomic E-state index is 0.0235. The quantitative estimate of drug-likeness (QED) is 0.745. The van der Waals surface area contributed by atoms with Gasteiger partial charge in [-0.2, -0.15) is 0 Å². The Morgan fingerprint density at radius 2 is 1.83 bits per heavy atom. The third-order valence-corrected chi connectivity index (χ3v) is 4.39. The molecule has 0 saturated heterocycles. The molecular formula is C15H21ClO2. The molecule has 1 saturated carbocycles. The molecule has 0 heterocycles. The van der Waals surface area contributed by atoms with Gasteiger partial charge in [0.25, 0.3) is 0 Å². The summed E-state index contributed by atoms with van der Waals surface area (Å²) < 4.78 is 10.7. The molecule has 0 amide bonds. The molecule has 1 aromatic carbocycles. The van der Waals surface area contributed by atoms with Crippen LogP contribution in [0, 0.1) is 5.92 Å². The number of ether oxygens (including phenoxy) is 2. The van der Waals surface area contributed by atoms with Gasteiger partial charge < -0.3 is 9.47 Å². The lowest BCUT2D eigenvalue weighted by molar-refractivity contribution is 0.338. The van der Waals surface area contributed by atoms with Gasteiger partial charge in [-0.05, 0) is 37.0 Å². The fourth-order valence-corrected chi connectivity index (χ4v) is 3.16. The van der Waals surface area contributed by atoms with E-state index in [-0.39, 0.29) is 5.38 Å². The van der Waals surface area contributed by atoms with Crippen molar-refractivity contribution in [2.24, 2.45) is 5.92 Å². The fourth-order valence-electron chi connectivity index (χ4n) is 2.74. The maximum atomic E-state index is 6.66. The lowest BCUT2D eigenvalue weighted by Crippen LogP contribution is -2.13. The van der Waals surface area contributed by atoms with E-state index in [0.717, 1.165) is 17.1 Å². The van der Waals surface area contributed by atoms with E-state index in [2.05, 4.69) is 0 Å². The Morgan fingerprint density at radius 3 is 2.44 bits per heavy atom. The van der Waals surface area contributed by atoms with Crippen LogP contribution in [0.4, 0.5) is 0 Å². The third-order valence-electron chi connectivity index (χ3n) is 3.80. The fraction of sp³-hybridized carbons (Fsp3) is 0.600. The van der Waals surface area contributed by atoms with E-state index >= 15 is 0 Å². The van der Waals surface area contributed by atoms with Crippen molar-refractivity contribution >= 4 is 11.6 Å². The summed E-state index contributed by atoms with van der Waals surface area (Å²) in [5.41, 5.74) is 1.06. The summed E-state index contributed by atoms with van der Waals surface area (Å²) in [5.74, 6) is 2.26. The van der Waals surface area contributed by atoms with Crippen molar-refractivity contribution in [3.05, 3.63) is 23.8 Å². The van der Waals surface area contributed by atoms with Crippen LogP contribution >= 0.6 is 11.6 Å². The molecule has 2 rings (SSSR count). The summed E-state index contributed by atoms with van der Waals surface area (Å²) in [4.78, 5) is 0. The zero-order valence-electron chi connectivity index (χ0n) is 11.1. The van der Waals surface area contributed by atoms with Crippen LogP contribution in [0.15, 0.2) is 18.2 Å². The first-order valence-corrected chi connectivity index (χ1v) is 7.06. The molecule has 0 bridgehead atoms. The molecule has 1 aliphatic carbocycles. The van der Waals surface area contributed by atoms with E-state index in [1.165, 1.54) is 32.1 Å². The van der Waals surface area contributed by atoms with Gasteiger partial charge in [0.2, 0.25) is 0 Å². The molecule has 1 fully saturated rings. The van der Waals surface area contributed by atoms with E-state index < -0.39 is 0 Å². The SMILES string of the molecule is COc1ccc(OC)c(C(Cl)C2CCCCC2)c1. The second-order valence-corrected chi connectivity index (χ2v) is 5.38. The summed E-state index contributed by atoms with van der Waals surface area (Å²) in [6.07, 6.45) is 6.36. The van der Waals surface area contributed by atoms with E-state index in [0.29, 0.717) is 5.92 Å². The van der Waals surface area contributed by atoms with Crippen molar-refractivity contribution in [3.8, 4) is 11.5 Å². The van der Waals surface area contributed by atoms with Crippen LogP contribution in [0.5, 0.6) is 11.5 Å². The van der Waals surface area contributed by atoms with Gasteiger partial charge in [-0.1, -0.05) is 19.3 Å². The molecule has 1 aliphatic rings. The molecule has 0 spiro atoms. The summed E-state index contributed by atoms with van der Waals surface area (Å²) in [7, 11) is 3.37. The van der Waals surface area contributed by atoms with Crippen LogP contribution in [0.25, 0.3) is 0 Å². The average Bonchev–Trinajstić information content (AvgIpc) is 2.46. The normalized spacial score (nSPS) is 18.4. The number of hydrogen-bond donors (Lipinski definition) is 0. The highest BCUT2D eigenvalue weighted by Crippen LogP contribution is 2.43. The third kappa shape index (κ3) is 2.92. The van der Waals surface area contributed by atoms with Crippen molar-refractivity contribution in [1.82, 2.24) is 0 Å². The minimum atomic E-state index is 0.0235. The number of halogens is 1. The summed E-state index contributed by atoms with van der Waals surface area (Å²) in [6.45, 7) is 0.